The Hall–Kier alpha value is -1.23. The molecule has 0 spiro atoms. The van der Waals surface area contributed by atoms with Crippen molar-refractivity contribution in [3.63, 3.8) is 0 Å². The summed E-state index contributed by atoms with van der Waals surface area (Å²) in [5.41, 5.74) is 0.583. The molecule has 0 heterocycles. The van der Waals surface area contributed by atoms with Crippen molar-refractivity contribution in [1.82, 2.24) is 0 Å². The Morgan fingerprint density at radius 1 is 1.29 bits per heavy atom. The third kappa shape index (κ3) is 5.08. The van der Waals surface area contributed by atoms with Crippen LogP contribution in [-0.4, -0.2) is 17.9 Å². The standard InChI is InChI=1S/C12H15F3O2/c1-9(16)10-5-2-3-6-11(10)17-8-4-7-12(13,14)15/h2-3,5-6,9,16H,4,7-8H2,1H3/t9-/m1/s1. The van der Waals surface area contributed by atoms with E-state index in [4.69, 9.17) is 4.74 Å². The van der Waals surface area contributed by atoms with E-state index in [0.717, 1.165) is 0 Å². The van der Waals surface area contributed by atoms with E-state index in [1.54, 1.807) is 31.2 Å². The van der Waals surface area contributed by atoms with Gasteiger partial charge in [-0.05, 0) is 19.4 Å². The van der Waals surface area contributed by atoms with Crippen molar-refractivity contribution in [2.75, 3.05) is 6.61 Å². The average molecular weight is 248 g/mol. The maximum absolute atomic E-state index is 11.9. The zero-order valence-electron chi connectivity index (χ0n) is 9.50. The first-order valence-corrected chi connectivity index (χ1v) is 5.36. The van der Waals surface area contributed by atoms with Gasteiger partial charge in [0.1, 0.15) is 5.75 Å². The van der Waals surface area contributed by atoms with Crippen LogP contribution in [0.2, 0.25) is 0 Å². The number of aliphatic hydroxyl groups excluding tert-OH is 1. The lowest BCUT2D eigenvalue weighted by Gasteiger charge is -2.13. The Morgan fingerprint density at radius 3 is 2.53 bits per heavy atom. The largest absolute Gasteiger partial charge is 0.493 e. The molecule has 0 saturated carbocycles. The summed E-state index contributed by atoms with van der Waals surface area (Å²) in [6.07, 6.45) is -5.79. The lowest BCUT2D eigenvalue weighted by molar-refractivity contribution is -0.136. The molecule has 1 rings (SSSR count). The van der Waals surface area contributed by atoms with Gasteiger partial charge in [-0.15, -0.1) is 0 Å². The summed E-state index contributed by atoms with van der Waals surface area (Å²) >= 11 is 0. The number of para-hydroxylation sites is 1. The van der Waals surface area contributed by atoms with Crippen molar-refractivity contribution < 1.29 is 23.0 Å². The zero-order chi connectivity index (χ0) is 12.9. The molecule has 0 aliphatic rings. The Balaban J connectivity index is 2.47. The molecule has 0 aliphatic carbocycles. The molecule has 0 aliphatic heterocycles. The number of hydrogen-bond acceptors (Lipinski definition) is 2. The molecule has 1 N–H and O–H groups in total. The summed E-state index contributed by atoms with van der Waals surface area (Å²) in [5, 5.41) is 9.43. The Kier molecular flexibility index (Phi) is 4.81. The van der Waals surface area contributed by atoms with E-state index >= 15 is 0 Å². The van der Waals surface area contributed by atoms with E-state index in [9.17, 15) is 18.3 Å². The smallest absolute Gasteiger partial charge is 0.389 e. The molecule has 1 aromatic carbocycles. The van der Waals surface area contributed by atoms with Crippen LogP contribution in [0.25, 0.3) is 0 Å². The van der Waals surface area contributed by atoms with Crippen LogP contribution in [-0.2, 0) is 0 Å². The highest BCUT2D eigenvalue weighted by Gasteiger charge is 2.26. The molecule has 96 valence electrons. The molecule has 0 radical (unpaired) electrons. The monoisotopic (exact) mass is 248 g/mol. The van der Waals surface area contributed by atoms with Crippen molar-refractivity contribution in [2.45, 2.75) is 32.0 Å². The quantitative estimate of drug-likeness (QED) is 0.808. The van der Waals surface area contributed by atoms with Crippen molar-refractivity contribution in [1.29, 1.82) is 0 Å². The lowest BCUT2D eigenvalue weighted by atomic mass is 10.1. The second-order valence-corrected chi connectivity index (χ2v) is 3.78. The molecule has 2 nitrogen and oxygen atoms in total. The van der Waals surface area contributed by atoms with Gasteiger partial charge in [-0.25, -0.2) is 0 Å². The fraction of sp³-hybridized carbons (Fsp3) is 0.500. The lowest BCUT2D eigenvalue weighted by Crippen LogP contribution is -2.10. The molecule has 0 amide bonds. The summed E-state index contributed by atoms with van der Waals surface area (Å²) in [6.45, 7) is 1.57. The molecular weight excluding hydrogens is 233 g/mol. The van der Waals surface area contributed by atoms with Gasteiger partial charge in [0.05, 0.1) is 12.7 Å². The molecule has 0 fully saturated rings. The van der Waals surface area contributed by atoms with Crippen LogP contribution in [0.15, 0.2) is 24.3 Å². The Labute approximate surface area is 98.0 Å². The maximum Gasteiger partial charge on any atom is 0.389 e. The molecular formula is C12H15F3O2. The third-order valence-corrected chi connectivity index (χ3v) is 2.23. The van der Waals surface area contributed by atoms with Crippen LogP contribution in [0.1, 0.15) is 31.4 Å². The number of halogens is 3. The van der Waals surface area contributed by atoms with Gasteiger partial charge in [0, 0.05) is 12.0 Å². The predicted octanol–water partition coefficient (Wildman–Crippen LogP) is 3.46. The van der Waals surface area contributed by atoms with Gasteiger partial charge in [0.2, 0.25) is 0 Å². The fourth-order valence-corrected chi connectivity index (χ4v) is 1.41. The second-order valence-electron chi connectivity index (χ2n) is 3.78. The van der Waals surface area contributed by atoms with Crippen LogP contribution < -0.4 is 4.74 Å². The minimum atomic E-state index is -4.15. The van der Waals surface area contributed by atoms with E-state index in [-0.39, 0.29) is 13.0 Å². The first-order chi connectivity index (χ1) is 7.90. The fourth-order valence-electron chi connectivity index (χ4n) is 1.41. The van der Waals surface area contributed by atoms with Crippen LogP contribution >= 0.6 is 0 Å². The number of aliphatic hydroxyl groups is 1. The third-order valence-electron chi connectivity index (χ3n) is 2.23. The van der Waals surface area contributed by atoms with Crippen LogP contribution in [0.3, 0.4) is 0 Å². The van der Waals surface area contributed by atoms with Crippen molar-refractivity contribution >= 4 is 0 Å². The van der Waals surface area contributed by atoms with E-state index < -0.39 is 18.7 Å². The zero-order valence-corrected chi connectivity index (χ0v) is 9.50. The van der Waals surface area contributed by atoms with Gasteiger partial charge in [0.15, 0.2) is 0 Å². The van der Waals surface area contributed by atoms with E-state index in [1.807, 2.05) is 0 Å². The highest BCUT2D eigenvalue weighted by molar-refractivity contribution is 5.34. The summed E-state index contributed by atoms with van der Waals surface area (Å²) in [4.78, 5) is 0. The van der Waals surface area contributed by atoms with Crippen LogP contribution in [0.4, 0.5) is 13.2 Å². The molecule has 0 bridgehead atoms. The van der Waals surface area contributed by atoms with Gasteiger partial charge >= 0.3 is 6.18 Å². The van der Waals surface area contributed by atoms with Gasteiger partial charge in [-0.3, -0.25) is 0 Å². The predicted molar refractivity (Wildman–Crippen MR) is 57.9 cm³/mol. The number of ether oxygens (including phenoxy) is 1. The maximum atomic E-state index is 11.9. The van der Waals surface area contributed by atoms with Crippen molar-refractivity contribution in [3.8, 4) is 5.75 Å². The van der Waals surface area contributed by atoms with E-state index in [2.05, 4.69) is 0 Å². The molecule has 1 atom stereocenters. The highest BCUT2D eigenvalue weighted by atomic mass is 19.4. The molecule has 1 aromatic rings. The summed E-state index contributed by atoms with van der Waals surface area (Å²) in [6, 6.07) is 6.77. The topological polar surface area (TPSA) is 29.5 Å². The summed E-state index contributed by atoms with van der Waals surface area (Å²) in [7, 11) is 0. The number of benzene rings is 1. The van der Waals surface area contributed by atoms with Gasteiger partial charge in [0.25, 0.3) is 0 Å². The Bertz CT molecular complexity index is 348. The molecule has 0 saturated heterocycles. The number of alkyl halides is 3. The summed E-state index contributed by atoms with van der Waals surface area (Å²) < 4.78 is 40.9. The van der Waals surface area contributed by atoms with Gasteiger partial charge in [-0.1, -0.05) is 18.2 Å². The normalized spacial score (nSPS) is 13.5. The van der Waals surface area contributed by atoms with Crippen LogP contribution in [0, 0.1) is 0 Å². The molecule has 0 aromatic heterocycles. The SMILES string of the molecule is C[C@@H](O)c1ccccc1OCCCC(F)(F)F. The van der Waals surface area contributed by atoms with Crippen molar-refractivity contribution in [3.05, 3.63) is 29.8 Å². The second kappa shape index (κ2) is 5.91. The highest BCUT2D eigenvalue weighted by Crippen LogP contribution is 2.25. The first kappa shape index (κ1) is 13.8. The average Bonchev–Trinajstić information content (AvgIpc) is 2.23. The van der Waals surface area contributed by atoms with Gasteiger partial charge < -0.3 is 9.84 Å². The van der Waals surface area contributed by atoms with E-state index in [1.165, 1.54) is 0 Å². The van der Waals surface area contributed by atoms with Crippen LogP contribution in [0.5, 0.6) is 5.75 Å². The van der Waals surface area contributed by atoms with Crippen molar-refractivity contribution in [2.24, 2.45) is 0 Å². The molecule has 5 heteroatoms. The first-order valence-electron chi connectivity index (χ1n) is 5.36. The number of hydrogen-bond donors (Lipinski definition) is 1. The number of rotatable bonds is 5. The summed E-state index contributed by atoms with van der Waals surface area (Å²) in [5.74, 6) is 0.435. The Morgan fingerprint density at radius 2 is 1.94 bits per heavy atom. The molecule has 0 unspecified atom stereocenters. The molecule has 17 heavy (non-hydrogen) atoms. The van der Waals surface area contributed by atoms with Gasteiger partial charge in [-0.2, -0.15) is 13.2 Å². The van der Waals surface area contributed by atoms with E-state index in [0.29, 0.717) is 11.3 Å². The minimum absolute atomic E-state index is 0.0107. The minimum Gasteiger partial charge on any atom is -0.493 e.